The molecule has 6 nitrogen and oxygen atoms in total. The van der Waals surface area contributed by atoms with Crippen LogP contribution in [0.25, 0.3) is 22.0 Å². The zero-order valence-electron chi connectivity index (χ0n) is 14.3. The first-order valence-corrected chi connectivity index (χ1v) is 9.14. The summed E-state index contributed by atoms with van der Waals surface area (Å²) < 4.78 is 12.5. The molecule has 1 aliphatic carbocycles. The molecule has 0 unspecified atom stereocenters. The lowest BCUT2D eigenvalue weighted by atomic mass is 10.0. The quantitative estimate of drug-likeness (QED) is 0.434. The van der Waals surface area contributed by atoms with E-state index in [0.717, 1.165) is 0 Å². The fourth-order valence-corrected chi connectivity index (χ4v) is 3.99. The van der Waals surface area contributed by atoms with Gasteiger partial charge in [-0.1, -0.05) is 6.07 Å². The van der Waals surface area contributed by atoms with Crippen LogP contribution in [0.5, 0.6) is 11.5 Å². The lowest BCUT2D eigenvalue weighted by molar-refractivity contribution is 0.104. The number of fused-ring (bicyclic) bond motifs is 6. The van der Waals surface area contributed by atoms with E-state index < -0.39 is 0 Å². The smallest absolute Gasteiger partial charge is 0.259 e. The molecule has 2 heterocycles. The highest BCUT2D eigenvalue weighted by atomic mass is 35.5. The zero-order valence-corrected chi connectivity index (χ0v) is 15.0. The molecule has 1 aromatic heterocycles. The van der Waals surface area contributed by atoms with E-state index in [0.29, 0.717) is 69.2 Å². The minimum atomic E-state index is -0.181. The molecule has 0 saturated heterocycles. The summed E-state index contributed by atoms with van der Waals surface area (Å²) in [7, 11) is 0. The van der Waals surface area contributed by atoms with Crippen LogP contribution in [-0.4, -0.2) is 23.0 Å². The van der Waals surface area contributed by atoms with Gasteiger partial charge in [0.2, 0.25) is 6.79 Å². The summed E-state index contributed by atoms with van der Waals surface area (Å²) >= 11 is 5.86. The molecule has 5 rings (SSSR count). The number of hydrogen-bond donors (Lipinski definition) is 1. The number of pyridine rings is 1. The fraction of sp³-hybridized carbons (Fsp3) is 0.200. The number of ketones is 1. The van der Waals surface area contributed by atoms with Crippen LogP contribution in [0.15, 0.2) is 35.1 Å². The van der Waals surface area contributed by atoms with Gasteiger partial charge in [-0.05, 0) is 30.7 Å². The fourth-order valence-electron chi connectivity index (χ4n) is 3.87. The summed E-state index contributed by atoms with van der Waals surface area (Å²) in [5.74, 6) is 1.40. The van der Waals surface area contributed by atoms with Gasteiger partial charge in [-0.15, -0.1) is 11.6 Å². The second kappa shape index (κ2) is 5.76. The monoisotopic (exact) mass is 382 g/mol. The third-order valence-electron chi connectivity index (χ3n) is 5.05. The molecule has 7 heteroatoms. The Morgan fingerprint density at radius 3 is 2.52 bits per heavy atom. The normalized spacial score (nSPS) is 13.9. The number of rotatable bonds is 3. The van der Waals surface area contributed by atoms with Gasteiger partial charge in [0, 0.05) is 40.0 Å². The molecule has 27 heavy (non-hydrogen) atoms. The van der Waals surface area contributed by atoms with Gasteiger partial charge in [-0.3, -0.25) is 9.59 Å². The number of ether oxygens (including phenoxy) is 2. The predicted octanol–water partition coefficient (Wildman–Crippen LogP) is 3.15. The second-order valence-electron chi connectivity index (χ2n) is 6.61. The molecule has 0 amide bonds. The second-order valence-corrected chi connectivity index (χ2v) is 6.99. The number of alkyl halides is 1. The number of halogens is 1. The van der Waals surface area contributed by atoms with Gasteiger partial charge < -0.3 is 19.8 Å². The Balaban J connectivity index is 1.90. The largest absolute Gasteiger partial charge is 0.454 e. The lowest BCUT2D eigenvalue weighted by Gasteiger charge is -2.15. The molecule has 1 aliphatic heterocycles. The van der Waals surface area contributed by atoms with E-state index in [4.69, 9.17) is 26.8 Å². The Morgan fingerprint density at radius 1 is 1.04 bits per heavy atom. The van der Waals surface area contributed by atoms with Crippen molar-refractivity contribution in [2.75, 3.05) is 18.4 Å². The average Bonchev–Trinajstić information content (AvgIpc) is 3.23. The molecule has 2 aliphatic rings. The Hall–Kier alpha value is -2.99. The topological polar surface area (TPSA) is 83.6 Å². The van der Waals surface area contributed by atoms with E-state index in [-0.39, 0.29) is 18.1 Å². The van der Waals surface area contributed by atoms with E-state index >= 15 is 0 Å². The number of benzene rings is 2. The first-order chi connectivity index (χ1) is 13.1. The Bertz CT molecular complexity index is 1200. The van der Waals surface area contributed by atoms with E-state index in [1.54, 1.807) is 34.9 Å². The van der Waals surface area contributed by atoms with Crippen LogP contribution in [-0.2, 0) is 6.54 Å². The average molecular weight is 383 g/mol. The van der Waals surface area contributed by atoms with E-state index in [1.165, 1.54) is 0 Å². The SMILES string of the molecule is Nc1ccc2c3c(n(CCCCl)c(=O)c2c1)-c1cc2c(cc1C3=O)OCO2. The van der Waals surface area contributed by atoms with Crippen molar-refractivity contribution in [2.24, 2.45) is 0 Å². The van der Waals surface area contributed by atoms with Crippen molar-refractivity contribution in [3.05, 3.63) is 51.8 Å². The molecular weight excluding hydrogens is 368 g/mol. The predicted molar refractivity (Wildman–Crippen MR) is 103 cm³/mol. The molecule has 0 atom stereocenters. The maximum atomic E-state index is 13.3. The highest BCUT2D eigenvalue weighted by Crippen LogP contribution is 2.45. The van der Waals surface area contributed by atoms with Gasteiger partial charge in [0.1, 0.15) is 0 Å². The molecule has 2 aromatic carbocycles. The minimum absolute atomic E-state index is 0.120. The minimum Gasteiger partial charge on any atom is -0.454 e. The molecule has 0 radical (unpaired) electrons. The number of aromatic nitrogens is 1. The van der Waals surface area contributed by atoms with E-state index in [9.17, 15) is 9.59 Å². The molecule has 2 N–H and O–H groups in total. The number of carbonyl (C=O) groups is 1. The maximum Gasteiger partial charge on any atom is 0.259 e. The summed E-state index contributed by atoms with van der Waals surface area (Å²) in [6, 6.07) is 8.53. The number of anilines is 1. The van der Waals surface area contributed by atoms with Crippen LogP contribution >= 0.6 is 11.6 Å². The van der Waals surface area contributed by atoms with E-state index in [2.05, 4.69) is 0 Å². The van der Waals surface area contributed by atoms with Crippen molar-refractivity contribution in [1.29, 1.82) is 0 Å². The maximum absolute atomic E-state index is 13.3. The van der Waals surface area contributed by atoms with Gasteiger partial charge in [0.05, 0.1) is 11.3 Å². The summed E-state index contributed by atoms with van der Waals surface area (Å²) in [4.78, 5) is 26.4. The van der Waals surface area contributed by atoms with Gasteiger partial charge in [-0.2, -0.15) is 0 Å². The van der Waals surface area contributed by atoms with Gasteiger partial charge in [0.15, 0.2) is 17.3 Å². The summed E-state index contributed by atoms with van der Waals surface area (Å²) in [5.41, 5.74) is 8.50. The number of nitrogens with two attached hydrogens (primary N) is 1. The highest BCUT2D eigenvalue weighted by Gasteiger charge is 2.35. The lowest BCUT2D eigenvalue weighted by Crippen LogP contribution is -2.23. The van der Waals surface area contributed by atoms with Gasteiger partial charge >= 0.3 is 0 Å². The van der Waals surface area contributed by atoms with Crippen molar-refractivity contribution in [1.82, 2.24) is 4.57 Å². The molecule has 0 saturated carbocycles. The third kappa shape index (κ3) is 2.20. The zero-order chi connectivity index (χ0) is 18.7. The van der Waals surface area contributed by atoms with Crippen molar-refractivity contribution in [3.63, 3.8) is 0 Å². The Labute approximate surface area is 159 Å². The van der Waals surface area contributed by atoms with Crippen molar-refractivity contribution >= 4 is 33.8 Å². The molecule has 0 spiro atoms. The Kier molecular flexibility index (Phi) is 3.45. The summed E-state index contributed by atoms with van der Waals surface area (Å²) in [6.07, 6.45) is 0.607. The molecule has 3 aromatic rings. The van der Waals surface area contributed by atoms with Crippen LogP contribution in [0.1, 0.15) is 22.3 Å². The van der Waals surface area contributed by atoms with E-state index in [1.807, 2.05) is 0 Å². The number of nitrogens with zero attached hydrogens (tertiary/aromatic N) is 1. The molecule has 0 fully saturated rings. The number of hydrogen-bond acceptors (Lipinski definition) is 5. The van der Waals surface area contributed by atoms with Crippen LogP contribution in [0.3, 0.4) is 0 Å². The van der Waals surface area contributed by atoms with Crippen LogP contribution < -0.4 is 20.8 Å². The first-order valence-electron chi connectivity index (χ1n) is 8.61. The number of carbonyl (C=O) groups excluding carboxylic acids is 1. The summed E-state index contributed by atoms with van der Waals surface area (Å²) in [6.45, 7) is 0.534. The third-order valence-corrected chi connectivity index (χ3v) is 5.32. The Morgan fingerprint density at radius 2 is 1.78 bits per heavy atom. The van der Waals surface area contributed by atoms with Gasteiger partial charge in [0.25, 0.3) is 5.56 Å². The highest BCUT2D eigenvalue weighted by molar-refractivity contribution is 6.27. The van der Waals surface area contributed by atoms with Crippen LogP contribution in [0.4, 0.5) is 5.69 Å². The van der Waals surface area contributed by atoms with Crippen LogP contribution in [0, 0.1) is 0 Å². The number of nitrogen functional groups attached to an aromatic ring is 1. The van der Waals surface area contributed by atoms with Crippen molar-refractivity contribution < 1.29 is 14.3 Å². The molecular formula is C20H15ClN2O4. The summed E-state index contributed by atoms with van der Waals surface area (Å²) in [5, 5.41) is 1.04. The van der Waals surface area contributed by atoms with Crippen LogP contribution in [0.2, 0.25) is 0 Å². The standard InChI is InChI=1S/C20H15ClN2O4/c21-4-1-5-23-18-12-7-15-16(27-9-26-15)8-13(12)19(24)17(18)11-3-2-10(22)6-14(11)20(23)25/h2-3,6-8H,1,4-5,9,22H2. The van der Waals surface area contributed by atoms with Gasteiger partial charge in [-0.25, -0.2) is 0 Å². The molecule has 136 valence electrons. The van der Waals surface area contributed by atoms with Crippen molar-refractivity contribution in [2.45, 2.75) is 13.0 Å². The van der Waals surface area contributed by atoms with Crippen molar-refractivity contribution in [3.8, 4) is 22.8 Å². The first kappa shape index (κ1) is 16.2. The molecule has 0 bridgehead atoms.